The Labute approximate surface area is 114 Å². The molecule has 0 atom stereocenters. The van der Waals surface area contributed by atoms with Gasteiger partial charge in [0, 0.05) is 31.0 Å². The second-order valence-corrected chi connectivity index (χ2v) is 6.68. The molecule has 0 aliphatic carbocycles. The minimum atomic E-state index is -3.29. The van der Waals surface area contributed by atoms with E-state index in [2.05, 4.69) is 10.6 Å². The van der Waals surface area contributed by atoms with Crippen LogP contribution >= 0.6 is 0 Å². The lowest BCUT2D eigenvalue weighted by Crippen LogP contribution is -2.34. The Balaban J connectivity index is 2.63. The van der Waals surface area contributed by atoms with Crippen LogP contribution in [0, 0.1) is 0 Å². The van der Waals surface area contributed by atoms with E-state index in [9.17, 15) is 13.2 Å². The molecule has 5 nitrogen and oxygen atoms in total. The monoisotopic (exact) mass is 284 g/mol. The smallest absolute Gasteiger partial charge is 0.251 e. The first-order chi connectivity index (χ1) is 8.80. The van der Waals surface area contributed by atoms with Gasteiger partial charge < -0.3 is 10.6 Å². The van der Waals surface area contributed by atoms with Crippen LogP contribution in [0.4, 0.5) is 0 Å². The van der Waals surface area contributed by atoms with Crippen LogP contribution in [-0.4, -0.2) is 39.7 Å². The van der Waals surface area contributed by atoms with Crippen LogP contribution in [-0.2, 0) is 9.84 Å². The fourth-order valence-electron chi connectivity index (χ4n) is 1.51. The van der Waals surface area contributed by atoms with Crippen molar-refractivity contribution >= 4 is 15.7 Å². The van der Waals surface area contributed by atoms with E-state index in [1.165, 1.54) is 12.1 Å². The van der Waals surface area contributed by atoms with Crippen LogP contribution < -0.4 is 10.6 Å². The lowest BCUT2D eigenvalue weighted by atomic mass is 10.2. The van der Waals surface area contributed by atoms with Gasteiger partial charge in [0.25, 0.3) is 5.91 Å². The van der Waals surface area contributed by atoms with Gasteiger partial charge in [-0.2, -0.15) is 0 Å². The van der Waals surface area contributed by atoms with Crippen LogP contribution in [0.1, 0.15) is 24.2 Å². The minimum Gasteiger partial charge on any atom is -0.351 e. The van der Waals surface area contributed by atoms with Crippen LogP contribution in [0.15, 0.2) is 29.2 Å². The molecule has 0 spiro atoms. The molecule has 1 amide bonds. The first kappa shape index (κ1) is 15.7. The molecule has 0 radical (unpaired) electrons. The molecule has 19 heavy (non-hydrogen) atoms. The Hall–Kier alpha value is -1.40. The standard InChI is InChI=1S/C13H20N2O3S/c1-10(2)14-7-8-15-13(16)11-5-4-6-12(9-11)19(3,17)18/h4-6,9-10,14H,7-8H2,1-3H3,(H,15,16). The highest BCUT2D eigenvalue weighted by Crippen LogP contribution is 2.11. The fourth-order valence-corrected chi connectivity index (χ4v) is 2.17. The third-order valence-electron chi connectivity index (χ3n) is 2.49. The highest BCUT2D eigenvalue weighted by Gasteiger charge is 2.11. The predicted molar refractivity (Wildman–Crippen MR) is 75.0 cm³/mol. The molecular weight excluding hydrogens is 264 g/mol. The molecule has 106 valence electrons. The van der Waals surface area contributed by atoms with Gasteiger partial charge in [-0.15, -0.1) is 0 Å². The maximum atomic E-state index is 11.8. The zero-order valence-corrected chi connectivity index (χ0v) is 12.3. The van der Waals surface area contributed by atoms with E-state index in [1.807, 2.05) is 13.8 Å². The van der Waals surface area contributed by atoms with Crippen molar-refractivity contribution in [3.05, 3.63) is 29.8 Å². The molecule has 0 bridgehead atoms. The normalized spacial score (nSPS) is 11.6. The van der Waals surface area contributed by atoms with Crippen molar-refractivity contribution in [1.29, 1.82) is 0 Å². The summed E-state index contributed by atoms with van der Waals surface area (Å²) in [5.74, 6) is -0.268. The quantitative estimate of drug-likeness (QED) is 0.758. The van der Waals surface area contributed by atoms with Crippen molar-refractivity contribution in [3.63, 3.8) is 0 Å². The zero-order chi connectivity index (χ0) is 14.5. The number of hydrogen-bond donors (Lipinski definition) is 2. The third kappa shape index (κ3) is 5.40. The number of carbonyl (C=O) groups excluding carboxylic acids is 1. The number of amides is 1. The van der Waals surface area contributed by atoms with E-state index in [0.717, 1.165) is 6.26 Å². The van der Waals surface area contributed by atoms with Crippen molar-refractivity contribution in [2.45, 2.75) is 24.8 Å². The molecule has 0 saturated heterocycles. The first-order valence-corrected chi connectivity index (χ1v) is 8.01. The maximum Gasteiger partial charge on any atom is 0.251 e. The van der Waals surface area contributed by atoms with E-state index >= 15 is 0 Å². The molecule has 1 aromatic rings. The molecule has 1 aromatic carbocycles. The van der Waals surface area contributed by atoms with E-state index in [1.54, 1.807) is 12.1 Å². The van der Waals surface area contributed by atoms with Gasteiger partial charge >= 0.3 is 0 Å². The topological polar surface area (TPSA) is 75.3 Å². The van der Waals surface area contributed by atoms with Crippen LogP contribution in [0.2, 0.25) is 0 Å². The second-order valence-electron chi connectivity index (χ2n) is 4.66. The van der Waals surface area contributed by atoms with Crippen molar-refractivity contribution in [2.75, 3.05) is 19.3 Å². The summed E-state index contributed by atoms with van der Waals surface area (Å²) >= 11 is 0. The lowest BCUT2D eigenvalue weighted by molar-refractivity contribution is 0.0953. The fraction of sp³-hybridized carbons (Fsp3) is 0.462. The van der Waals surface area contributed by atoms with E-state index in [-0.39, 0.29) is 10.8 Å². The predicted octanol–water partition coefficient (Wildman–Crippen LogP) is 0.818. The number of carbonyl (C=O) groups is 1. The molecule has 6 heteroatoms. The van der Waals surface area contributed by atoms with Crippen molar-refractivity contribution in [3.8, 4) is 0 Å². The maximum absolute atomic E-state index is 11.8. The Morgan fingerprint density at radius 3 is 2.53 bits per heavy atom. The Morgan fingerprint density at radius 1 is 1.26 bits per heavy atom. The first-order valence-electron chi connectivity index (χ1n) is 6.12. The molecular formula is C13H20N2O3S. The van der Waals surface area contributed by atoms with E-state index in [4.69, 9.17) is 0 Å². The van der Waals surface area contributed by atoms with Crippen molar-refractivity contribution < 1.29 is 13.2 Å². The molecule has 0 aliphatic rings. The zero-order valence-electron chi connectivity index (χ0n) is 11.4. The van der Waals surface area contributed by atoms with Crippen LogP contribution in [0.25, 0.3) is 0 Å². The number of sulfone groups is 1. The highest BCUT2D eigenvalue weighted by atomic mass is 32.2. The van der Waals surface area contributed by atoms with E-state index in [0.29, 0.717) is 24.7 Å². The van der Waals surface area contributed by atoms with Crippen LogP contribution in [0.3, 0.4) is 0 Å². The number of hydrogen-bond acceptors (Lipinski definition) is 4. The molecule has 0 aromatic heterocycles. The largest absolute Gasteiger partial charge is 0.351 e. The summed E-state index contributed by atoms with van der Waals surface area (Å²) in [4.78, 5) is 12.0. The van der Waals surface area contributed by atoms with Crippen molar-refractivity contribution in [2.24, 2.45) is 0 Å². The molecule has 0 unspecified atom stereocenters. The summed E-state index contributed by atoms with van der Waals surface area (Å²) in [6.07, 6.45) is 1.12. The number of rotatable bonds is 6. The molecule has 0 fully saturated rings. The Kier molecular flexibility index (Phi) is 5.50. The highest BCUT2D eigenvalue weighted by molar-refractivity contribution is 7.90. The van der Waals surface area contributed by atoms with Gasteiger partial charge in [-0.1, -0.05) is 19.9 Å². The van der Waals surface area contributed by atoms with Gasteiger partial charge in [0.2, 0.25) is 0 Å². The average molecular weight is 284 g/mol. The third-order valence-corrected chi connectivity index (χ3v) is 3.60. The summed E-state index contributed by atoms with van der Waals surface area (Å²) < 4.78 is 22.8. The van der Waals surface area contributed by atoms with Gasteiger partial charge in [-0.05, 0) is 18.2 Å². The van der Waals surface area contributed by atoms with Gasteiger partial charge in [0.1, 0.15) is 0 Å². The van der Waals surface area contributed by atoms with Crippen molar-refractivity contribution in [1.82, 2.24) is 10.6 Å². The number of nitrogens with one attached hydrogen (secondary N) is 2. The average Bonchev–Trinajstić information content (AvgIpc) is 2.33. The molecule has 0 aliphatic heterocycles. The summed E-state index contributed by atoms with van der Waals surface area (Å²) in [5.41, 5.74) is 0.354. The summed E-state index contributed by atoms with van der Waals surface area (Å²) in [5, 5.41) is 5.91. The SMILES string of the molecule is CC(C)NCCNC(=O)c1cccc(S(C)(=O)=O)c1. The minimum absolute atomic E-state index is 0.153. The second kappa shape index (κ2) is 6.68. The molecule has 2 N–H and O–H groups in total. The molecule has 1 rings (SSSR count). The van der Waals surface area contributed by atoms with Gasteiger partial charge in [0.05, 0.1) is 4.90 Å². The summed E-state index contributed by atoms with van der Waals surface area (Å²) in [6, 6.07) is 6.40. The Bertz CT molecular complexity index is 539. The lowest BCUT2D eigenvalue weighted by Gasteiger charge is -2.09. The van der Waals surface area contributed by atoms with Gasteiger partial charge in [0.15, 0.2) is 9.84 Å². The van der Waals surface area contributed by atoms with E-state index < -0.39 is 9.84 Å². The molecule has 0 saturated carbocycles. The summed E-state index contributed by atoms with van der Waals surface area (Å²) in [6.45, 7) is 5.23. The molecule has 0 heterocycles. The van der Waals surface area contributed by atoms with Crippen LogP contribution in [0.5, 0.6) is 0 Å². The number of benzene rings is 1. The Morgan fingerprint density at radius 2 is 1.95 bits per heavy atom. The van der Waals surface area contributed by atoms with Gasteiger partial charge in [-0.3, -0.25) is 4.79 Å². The summed E-state index contributed by atoms with van der Waals surface area (Å²) in [7, 11) is -3.29. The van der Waals surface area contributed by atoms with Gasteiger partial charge in [-0.25, -0.2) is 8.42 Å².